The molecule has 0 spiro atoms. The maximum atomic E-state index is 11.5. The first-order valence-electron chi connectivity index (χ1n) is 5.43. The summed E-state index contributed by atoms with van der Waals surface area (Å²) in [4.78, 5) is 11.5. The van der Waals surface area contributed by atoms with Crippen LogP contribution in [0.4, 0.5) is 5.69 Å². The number of carbonyl (C=O) groups excluding carboxylic acids is 1. The molecule has 0 radical (unpaired) electrons. The molecule has 3 N–H and O–H groups in total. The standard InChI is InChI=1S/C12H18N2O2/c1-3-9-4-5-11(15)10(8-9)14-12(16)6-7-13-2/h4-5,8,13,15H,3,6-7H2,1-2H3,(H,14,16). The summed E-state index contributed by atoms with van der Waals surface area (Å²) in [5.41, 5.74) is 1.57. The molecule has 4 heteroatoms. The zero-order chi connectivity index (χ0) is 12.0. The van der Waals surface area contributed by atoms with Gasteiger partial charge in [-0.1, -0.05) is 13.0 Å². The quantitative estimate of drug-likeness (QED) is 0.662. The van der Waals surface area contributed by atoms with Crippen molar-refractivity contribution in [3.8, 4) is 5.75 Å². The lowest BCUT2D eigenvalue weighted by Gasteiger charge is -2.08. The fourth-order valence-corrected chi connectivity index (χ4v) is 1.35. The normalized spacial score (nSPS) is 10.1. The van der Waals surface area contributed by atoms with Gasteiger partial charge in [0.25, 0.3) is 0 Å². The van der Waals surface area contributed by atoms with E-state index in [9.17, 15) is 9.90 Å². The summed E-state index contributed by atoms with van der Waals surface area (Å²) in [6, 6.07) is 5.25. The monoisotopic (exact) mass is 222 g/mol. The highest BCUT2D eigenvalue weighted by atomic mass is 16.3. The number of benzene rings is 1. The van der Waals surface area contributed by atoms with E-state index in [-0.39, 0.29) is 11.7 Å². The van der Waals surface area contributed by atoms with E-state index < -0.39 is 0 Å². The molecular formula is C12H18N2O2. The molecular weight excluding hydrogens is 204 g/mol. The summed E-state index contributed by atoms with van der Waals surface area (Å²) >= 11 is 0. The third kappa shape index (κ3) is 3.55. The van der Waals surface area contributed by atoms with Gasteiger partial charge in [-0.3, -0.25) is 4.79 Å². The first-order chi connectivity index (χ1) is 7.67. The number of phenols is 1. The van der Waals surface area contributed by atoms with E-state index >= 15 is 0 Å². The second kappa shape index (κ2) is 6.12. The van der Waals surface area contributed by atoms with E-state index in [2.05, 4.69) is 10.6 Å². The maximum absolute atomic E-state index is 11.5. The van der Waals surface area contributed by atoms with Crippen molar-refractivity contribution in [1.82, 2.24) is 5.32 Å². The van der Waals surface area contributed by atoms with Crippen LogP contribution >= 0.6 is 0 Å². The lowest BCUT2D eigenvalue weighted by molar-refractivity contribution is -0.116. The number of anilines is 1. The molecule has 1 aromatic carbocycles. The van der Waals surface area contributed by atoms with Gasteiger partial charge in [-0.15, -0.1) is 0 Å². The molecule has 0 aliphatic carbocycles. The van der Waals surface area contributed by atoms with Crippen molar-refractivity contribution < 1.29 is 9.90 Å². The zero-order valence-electron chi connectivity index (χ0n) is 9.71. The van der Waals surface area contributed by atoms with Crippen LogP contribution in [0.2, 0.25) is 0 Å². The van der Waals surface area contributed by atoms with E-state index in [1.165, 1.54) is 0 Å². The Morgan fingerprint density at radius 3 is 2.81 bits per heavy atom. The van der Waals surface area contributed by atoms with Crippen LogP contribution in [-0.2, 0) is 11.2 Å². The first-order valence-corrected chi connectivity index (χ1v) is 5.43. The molecule has 1 rings (SSSR count). The predicted molar refractivity (Wildman–Crippen MR) is 64.7 cm³/mol. The fourth-order valence-electron chi connectivity index (χ4n) is 1.35. The van der Waals surface area contributed by atoms with Gasteiger partial charge in [0.15, 0.2) is 0 Å². The molecule has 0 bridgehead atoms. The number of aryl methyl sites for hydroxylation is 1. The maximum Gasteiger partial charge on any atom is 0.225 e. The molecule has 0 saturated carbocycles. The molecule has 0 aromatic heterocycles. The average molecular weight is 222 g/mol. The van der Waals surface area contributed by atoms with Gasteiger partial charge in [0.05, 0.1) is 5.69 Å². The molecule has 0 fully saturated rings. The van der Waals surface area contributed by atoms with Crippen LogP contribution in [0.15, 0.2) is 18.2 Å². The number of amides is 1. The topological polar surface area (TPSA) is 61.4 Å². The van der Waals surface area contributed by atoms with Crippen molar-refractivity contribution >= 4 is 11.6 Å². The Labute approximate surface area is 95.7 Å². The SMILES string of the molecule is CCc1ccc(O)c(NC(=O)CCNC)c1. The van der Waals surface area contributed by atoms with Gasteiger partial charge in [-0.25, -0.2) is 0 Å². The summed E-state index contributed by atoms with van der Waals surface area (Å²) in [5.74, 6) is 0.00732. The number of hydrogen-bond acceptors (Lipinski definition) is 3. The fraction of sp³-hybridized carbons (Fsp3) is 0.417. The third-order valence-corrected chi connectivity index (χ3v) is 2.35. The van der Waals surface area contributed by atoms with Gasteiger partial charge >= 0.3 is 0 Å². The van der Waals surface area contributed by atoms with Gasteiger partial charge in [-0.2, -0.15) is 0 Å². The number of nitrogens with one attached hydrogen (secondary N) is 2. The van der Waals surface area contributed by atoms with Crippen molar-refractivity contribution in [2.75, 3.05) is 18.9 Å². The Hall–Kier alpha value is -1.55. The minimum Gasteiger partial charge on any atom is -0.506 e. The lowest BCUT2D eigenvalue weighted by atomic mass is 10.1. The smallest absolute Gasteiger partial charge is 0.225 e. The van der Waals surface area contributed by atoms with E-state index in [0.717, 1.165) is 12.0 Å². The molecule has 16 heavy (non-hydrogen) atoms. The van der Waals surface area contributed by atoms with E-state index in [1.807, 2.05) is 13.0 Å². The van der Waals surface area contributed by atoms with Crippen molar-refractivity contribution in [1.29, 1.82) is 0 Å². The summed E-state index contributed by atoms with van der Waals surface area (Å²) in [6.07, 6.45) is 1.27. The Morgan fingerprint density at radius 1 is 1.44 bits per heavy atom. The molecule has 0 heterocycles. The molecule has 1 aromatic rings. The number of aromatic hydroxyl groups is 1. The van der Waals surface area contributed by atoms with Gasteiger partial charge in [0, 0.05) is 13.0 Å². The van der Waals surface area contributed by atoms with Gasteiger partial charge in [0.2, 0.25) is 5.91 Å². The predicted octanol–water partition coefficient (Wildman–Crippen LogP) is 1.50. The van der Waals surface area contributed by atoms with Crippen LogP contribution in [0.1, 0.15) is 18.9 Å². The molecule has 0 saturated heterocycles. The minimum absolute atomic E-state index is 0.0992. The van der Waals surface area contributed by atoms with Gasteiger partial charge in [0.1, 0.15) is 5.75 Å². The van der Waals surface area contributed by atoms with Gasteiger partial charge in [-0.05, 0) is 31.2 Å². The summed E-state index contributed by atoms with van der Waals surface area (Å²) in [6.45, 7) is 2.65. The van der Waals surface area contributed by atoms with Crippen LogP contribution in [0.5, 0.6) is 5.75 Å². The Balaban J connectivity index is 2.68. The molecule has 0 aliphatic heterocycles. The van der Waals surface area contributed by atoms with Crippen LogP contribution in [0.25, 0.3) is 0 Å². The van der Waals surface area contributed by atoms with Crippen LogP contribution in [-0.4, -0.2) is 24.6 Å². The number of rotatable bonds is 5. The third-order valence-electron chi connectivity index (χ3n) is 2.35. The average Bonchev–Trinajstić information content (AvgIpc) is 2.29. The Kier molecular flexibility index (Phi) is 4.79. The molecule has 4 nitrogen and oxygen atoms in total. The lowest BCUT2D eigenvalue weighted by Crippen LogP contribution is -2.18. The van der Waals surface area contributed by atoms with Crippen LogP contribution in [0, 0.1) is 0 Å². The highest BCUT2D eigenvalue weighted by molar-refractivity contribution is 5.92. The minimum atomic E-state index is -0.0992. The number of hydrogen-bond donors (Lipinski definition) is 3. The summed E-state index contributed by atoms with van der Waals surface area (Å²) < 4.78 is 0. The van der Waals surface area contributed by atoms with E-state index in [1.54, 1.807) is 19.2 Å². The zero-order valence-corrected chi connectivity index (χ0v) is 9.71. The molecule has 0 atom stereocenters. The Bertz CT molecular complexity index is 364. The van der Waals surface area contributed by atoms with Crippen LogP contribution < -0.4 is 10.6 Å². The van der Waals surface area contributed by atoms with Crippen molar-refractivity contribution in [2.45, 2.75) is 19.8 Å². The summed E-state index contributed by atoms with van der Waals surface area (Å²) in [5, 5.41) is 15.2. The second-order valence-corrected chi connectivity index (χ2v) is 3.61. The number of phenolic OH excluding ortho intramolecular Hbond substituents is 1. The summed E-state index contributed by atoms with van der Waals surface area (Å²) in [7, 11) is 1.79. The number of carbonyl (C=O) groups is 1. The van der Waals surface area contributed by atoms with Crippen molar-refractivity contribution in [2.24, 2.45) is 0 Å². The van der Waals surface area contributed by atoms with E-state index in [4.69, 9.17) is 0 Å². The molecule has 88 valence electrons. The van der Waals surface area contributed by atoms with Crippen molar-refractivity contribution in [3.63, 3.8) is 0 Å². The van der Waals surface area contributed by atoms with E-state index in [0.29, 0.717) is 18.7 Å². The molecule has 1 amide bonds. The largest absolute Gasteiger partial charge is 0.506 e. The molecule has 0 unspecified atom stereocenters. The van der Waals surface area contributed by atoms with Crippen molar-refractivity contribution in [3.05, 3.63) is 23.8 Å². The first kappa shape index (κ1) is 12.5. The van der Waals surface area contributed by atoms with Gasteiger partial charge < -0.3 is 15.7 Å². The highest BCUT2D eigenvalue weighted by Gasteiger charge is 2.06. The highest BCUT2D eigenvalue weighted by Crippen LogP contribution is 2.24. The molecule has 0 aliphatic rings. The Morgan fingerprint density at radius 2 is 2.19 bits per heavy atom. The second-order valence-electron chi connectivity index (χ2n) is 3.61. The van der Waals surface area contributed by atoms with Crippen LogP contribution in [0.3, 0.4) is 0 Å².